The Morgan fingerprint density at radius 2 is 1.58 bits per heavy atom. The summed E-state index contributed by atoms with van der Waals surface area (Å²) in [5.74, 6) is -1.75. The molecule has 0 unspecified atom stereocenters. The van der Waals surface area contributed by atoms with Gasteiger partial charge in [0.2, 0.25) is 5.91 Å². The van der Waals surface area contributed by atoms with Crippen molar-refractivity contribution in [3.05, 3.63) is 44.0 Å². The number of benzene rings is 1. The maximum absolute atomic E-state index is 12.0. The van der Waals surface area contributed by atoms with Gasteiger partial charge in [0.1, 0.15) is 0 Å². The summed E-state index contributed by atoms with van der Waals surface area (Å²) >= 11 is 0. The molecule has 1 atom stereocenters. The summed E-state index contributed by atoms with van der Waals surface area (Å²) in [7, 11) is 0. The molecule has 0 heterocycles. The number of amides is 2. The van der Waals surface area contributed by atoms with Gasteiger partial charge in [0.05, 0.1) is 27.5 Å². The second-order valence-corrected chi connectivity index (χ2v) is 6.44. The summed E-state index contributed by atoms with van der Waals surface area (Å²) < 4.78 is 0. The highest BCUT2D eigenvalue weighted by Crippen LogP contribution is 2.23. The molecule has 2 amide bonds. The van der Waals surface area contributed by atoms with Gasteiger partial charge < -0.3 is 5.73 Å². The number of hydrogen-bond acceptors (Lipinski definition) is 7. The monoisotopic (exact) mass is 338 g/mol. The van der Waals surface area contributed by atoms with E-state index in [1.54, 1.807) is 0 Å². The summed E-state index contributed by atoms with van der Waals surface area (Å²) in [6, 6.07) is 1.47. The van der Waals surface area contributed by atoms with Crippen molar-refractivity contribution in [1.29, 1.82) is 0 Å². The van der Waals surface area contributed by atoms with Gasteiger partial charge in [-0.05, 0) is 11.8 Å². The minimum atomic E-state index is -0.990. The second-order valence-electron chi connectivity index (χ2n) is 6.44. The number of nitro groups is 2. The van der Waals surface area contributed by atoms with Gasteiger partial charge in [-0.1, -0.05) is 20.8 Å². The molecular weight excluding hydrogens is 320 g/mol. The van der Waals surface area contributed by atoms with E-state index in [-0.39, 0.29) is 11.0 Å². The van der Waals surface area contributed by atoms with E-state index in [4.69, 9.17) is 5.73 Å². The van der Waals surface area contributed by atoms with Crippen LogP contribution in [-0.4, -0.2) is 27.7 Å². The van der Waals surface area contributed by atoms with Gasteiger partial charge in [-0.15, -0.1) is 0 Å². The van der Waals surface area contributed by atoms with Crippen LogP contribution in [0.3, 0.4) is 0 Å². The SMILES string of the molecule is CC(C)(C)C[C@H](N)C(=O)NC(=O)c1cc([N+](=O)[O-])cc([N+](=O)[O-])c1. The number of hydrogen-bond donors (Lipinski definition) is 2. The Morgan fingerprint density at radius 1 is 1.12 bits per heavy atom. The Morgan fingerprint density at radius 3 is 1.96 bits per heavy atom. The number of carbonyl (C=O) groups is 2. The fraction of sp³-hybridized carbons (Fsp3) is 0.429. The fourth-order valence-electron chi connectivity index (χ4n) is 1.97. The lowest BCUT2D eigenvalue weighted by Crippen LogP contribution is -2.45. The molecule has 0 aliphatic heterocycles. The predicted molar refractivity (Wildman–Crippen MR) is 84.3 cm³/mol. The van der Waals surface area contributed by atoms with Crippen LogP contribution < -0.4 is 11.1 Å². The average Bonchev–Trinajstić information content (AvgIpc) is 2.44. The van der Waals surface area contributed by atoms with Gasteiger partial charge in [-0.25, -0.2) is 0 Å². The molecule has 130 valence electrons. The summed E-state index contributed by atoms with van der Waals surface area (Å²) in [5.41, 5.74) is 3.84. The molecule has 0 radical (unpaired) electrons. The summed E-state index contributed by atoms with van der Waals surface area (Å²) in [6.07, 6.45) is 0.307. The lowest BCUT2D eigenvalue weighted by atomic mass is 9.88. The zero-order chi connectivity index (χ0) is 18.7. The van der Waals surface area contributed by atoms with Gasteiger partial charge in [0.25, 0.3) is 17.3 Å². The average molecular weight is 338 g/mol. The molecule has 0 saturated carbocycles. The molecule has 24 heavy (non-hydrogen) atoms. The fourth-order valence-corrected chi connectivity index (χ4v) is 1.97. The first kappa shape index (κ1) is 19.2. The van der Waals surface area contributed by atoms with E-state index in [1.165, 1.54) is 0 Å². The minimum Gasteiger partial charge on any atom is -0.320 e. The van der Waals surface area contributed by atoms with Gasteiger partial charge in [-0.3, -0.25) is 35.1 Å². The van der Waals surface area contributed by atoms with E-state index in [2.05, 4.69) is 0 Å². The van der Waals surface area contributed by atoms with Gasteiger partial charge in [-0.2, -0.15) is 0 Å². The van der Waals surface area contributed by atoms with Crippen LogP contribution in [0.1, 0.15) is 37.6 Å². The Balaban J connectivity index is 3.01. The van der Waals surface area contributed by atoms with Crippen molar-refractivity contribution in [3.63, 3.8) is 0 Å². The first-order valence-electron chi connectivity index (χ1n) is 6.95. The smallest absolute Gasteiger partial charge is 0.277 e. The second kappa shape index (κ2) is 7.13. The number of rotatable bonds is 5. The lowest BCUT2D eigenvalue weighted by molar-refractivity contribution is -0.394. The molecule has 0 bridgehead atoms. The zero-order valence-electron chi connectivity index (χ0n) is 13.4. The van der Waals surface area contributed by atoms with Crippen LogP contribution in [0, 0.1) is 25.6 Å². The highest BCUT2D eigenvalue weighted by molar-refractivity contribution is 6.06. The topological polar surface area (TPSA) is 158 Å². The van der Waals surface area contributed by atoms with Crippen LogP contribution in [-0.2, 0) is 4.79 Å². The molecule has 1 aromatic carbocycles. The molecule has 0 aliphatic carbocycles. The molecule has 10 heteroatoms. The van der Waals surface area contributed by atoms with E-state index in [0.717, 1.165) is 18.2 Å². The standard InChI is InChI=1S/C14H18N4O6/c1-14(2,3)7-11(15)13(20)16-12(19)8-4-9(17(21)22)6-10(5-8)18(23)24/h4-6,11H,7,15H2,1-3H3,(H,16,19,20)/t11-/m0/s1. The van der Waals surface area contributed by atoms with Crippen molar-refractivity contribution in [1.82, 2.24) is 5.32 Å². The Bertz CT molecular complexity index is 663. The van der Waals surface area contributed by atoms with Crippen LogP contribution in [0.5, 0.6) is 0 Å². The quantitative estimate of drug-likeness (QED) is 0.608. The van der Waals surface area contributed by atoms with Gasteiger partial charge in [0, 0.05) is 12.1 Å². The summed E-state index contributed by atoms with van der Waals surface area (Å²) in [6.45, 7) is 5.60. The number of nitrogens with zero attached hydrogens (tertiary/aromatic N) is 2. The van der Waals surface area contributed by atoms with Crippen LogP contribution >= 0.6 is 0 Å². The molecule has 0 saturated heterocycles. The van der Waals surface area contributed by atoms with Crippen LogP contribution in [0.15, 0.2) is 18.2 Å². The zero-order valence-corrected chi connectivity index (χ0v) is 13.4. The lowest BCUT2D eigenvalue weighted by Gasteiger charge is -2.22. The van der Waals surface area contributed by atoms with E-state index in [0.29, 0.717) is 6.42 Å². The number of carbonyl (C=O) groups excluding carboxylic acids is 2. The number of non-ortho nitro benzene ring substituents is 2. The third-order valence-electron chi connectivity index (χ3n) is 2.99. The Labute approximate surface area is 137 Å². The molecule has 0 aromatic heterocycles. The molecule has 1 aromatic rings. The van der Waals surface area contributed by atoms with Crippen molar-refractivity contribution in [2.24, 2.45) is 11.1 Å². The molecule has 0 aliphatic rings. The number of imide groups is 1. The summed E-state index contributed by atoms with van der Waals surface area (Å²) in [5, 5.41) is 23.6. The highest BCUT2D eigenvalue weighted by Gasteiger charge is 2.25. The van der Waals surface area contributed by atoms with E-state index >= 15 is 0 Å². The molecule has 0 spiro atoms. The number of nitrogens with two attached hydrogens (primary N) is 1. The summed E-state index contributed by atoms with van der Waals surface area (Å²) in [4.78, 5) is 43.8. The van der Waals surface area contributed by atoms with Crippen LogP contribution in [0.25, 0.3) is 0 Å². The molecule has 1 rings (SSSR count). The first-order chi connectivity index (χ1) is 10.9. The first-order valence-corrected chi connectivity index (χ1v) is 6.95. The van der Waals surface area contributed by atoms with E-state index in [9.17, 15) is 29.8 Å². The van der Waals surface area contributed by atoms with Crippen molar-refractivity contribution in [2.75, 3.05) is 0 Å². The third-order valence-corrected chi connectivity index (χ3v) is 2.99. The van der Waals surface area contributed by atoms with Crippen molar-refractivity contribution in [3.8, 4) is 0 Å². The van der Waals surface area contributed by atoms with Crippen molar-refractivity contribution < 1.29 is 19.4 Å². The van der Waals surface area contributed by atoms with E-state index in [1.807, 2.05) is 26.1 Å². The van der Waals surface area contributed by atoms with Crippen LogP contribution in [0.4, 0.5) is 11.4 Å². The minimum absolute atomic E-state index is 0.246. The Hall–Kier alpha value is -2.88. The normalized spacial score (nSPS) is 12.3. The molecule has 10 nitrogen and oxygen atoms in total. The Kier molecular flexibility index (Phi) is 5.69. The maximum Gasteiger partial charge on any atom is 0.277 e. The van der Waals surface area contributed by atoms with Crippen molar-refractivity contribution in [2.45, 2.75) is 33.2 Å². The number of nitrogens with one attached hydrogen (secondary N) is 1. The number of nitro benzene ring substituents is 2. The highest BCUT2D eigenvalue weighted by atomic mass is 16.6. The van der Waals surface area contributed by atoms with Gasteiger partial charge >= 0.3 is 0 Å². The maximum atomic E-state index is 12.0. The van der Waals surface area contributed by atoms with Crippen LogP contribution in [0.2, 0.25) is 0 Å². The predicted octanol–water partition coefficient (Wildman–Crippen LogP) is 1.52. The van der Waals surface area contributed by atoms with E-state index < -0.39 is 39.1 Å². The molecule has 3 N–H and O–H groups in total. The third kappa shape index (κ3) is 5.39. The van der Waals surface area contributed by atoms with Gasteiger partial charge in [0.15, 0.2) is 0 Å². The molecular formula is C14H18N4O6. The molecule has 0 fully saturated rings. The van der Waals surface area contributed by atoms with Crippen molar-refractivity contribution >= 4 is 23.2 Å². The largest absolute Gasteiger partial charge is 0.320 e.